The normalized spacial score (nSPS) is 11.4. The molecule has 3 aromatic rings. The minimum atomic E-state index is -0.563. The molecule has 0 atom stereocenters. The SMILES string of the molecule is CC(=O)c1ccc(NC(=O)/C(=C\C=C\c2ccccc2)NC(=O)c2ccc(Br)o2)cc1. The van der Waals surface area contributed by atoms with Crippen molar-refractivity contribution in [3.63, 3.8) is 0 Å². The average molecular weight is 479 g/mol. The number of allylic oxidation sites excluding steroid dienone is 2. The number of nitrogens with one attached hydrogen (secondary N) is 2. The van der Waals surface area contributed by atoms with E-state index in [0.717, 1.165) is 5.56 Å². The van der Waals surface area contributed by atoms with Crippen LogP contribution in [-0.4, -0.2) is 17.6 Å². The maximum Gasteiger partial charge on any atom is 0.291 e. The van der Waals surface area contributed by atoms with Gasteiger partial charge in [-0.15, -0.1) is 0 Å². The van der Waals surface area contributed by atoms with E-state index in [9.17, 15) is 14.4 Å². The molecule has 7 heteroatoms. The third-order valence-electron chi connectivity index (χ3n) is 4.19. The summed E-state index contributed by atoms with van der Waals surface area (Å²) in [5.74, 6) is -1.09. The van der Waals surface area contributed by atoms with Crippen molar-refractivity contribution in [2.45, 2.75) is 6.92 Å². The number of carbonyl (C=O) groups is 3. The number of benzene rings is 2. The van der Waals surface area contributed by atoms with E-state index in [1.54, 1.807) is 36.4 Å². The maximum absolute atomic E-state index is 12.8. The lowest BCUT2D eigenvalue weighted by atomic mass is 10.1. The van der Waals surface area contributed by atoms with Crippen molar-refractivity contribution < 1.29 is 18.8 Å². The van der Waals surface area contributed by atoms with Crippen LogP contribution in [0, 0.1) is 0 Å². The van der Waals surface area contributed by atoms with Crippen molar-refractivity contribution in [1.29, 1.82) is 0 Å². The fourth-order valence-corrected chi connectivity index (χ4v) is 2.91. The first-order chi connectivity index (χ1) is 14.9. The summed E-state index contributed by atoms with van der Waals surface area (Å²) in [6.45, 7) is 1.47. The molecule has 156 valence electrons. The van der Waals surface area contributed by atoms with Crippen molar-refractivity contribution >= 4 is 45.3 Å². The maximum atomic E-state index is 12.8. The van der Waals surface area contributed by atoms with Crippen LogP contribution in [0.5, 0.6) is 0 Å². The average Bonchev–Trinajstić information content (AvgIpc) is 3.20. The number of ketones is 1. The second-order valence-electron chi connectivity index (χ2n) is 6.50. The number of furan rings is 1. The van der Waals surface area contributed by atoms with Crippen LogP contribution in [0.15, 0.2) is 93.7 Å². The van der Waals surface area contributed by atoms with Crippen molar-refractivity contribution in [3.8, 4) is 0 Å². The zero-order chi connectivity index (χ0) is 22.2. The Morgan fingerprint density at radius 3 is 2.26 bits per heavy atom. The Hall–Kier alpha value is -3.71. The van der Waals surface area contributed by atoms with Crippen molar-refractivity contribution in [1.82, 2.24) is 5.32 Å². The van der Waals surface area contributed by atoms with Gasteiger partial charge in [0, 0.05) is 11.3 Å². The van der Waals surface area contributed by atoms with Crippen molar-refractivity contribution in [2.24, 2.45) is 0 Å². The van der Waals surface area contributed by atoms with Crippen LogP contribution in [0.3, 0.4) is 0 Å². The van der Waals surface area contributed by atoms with E-state index in [0.29, 0.717) is 15.9 Å². The molecular weight excluding hydrogens is 460 g/mol. The minimum absolute atomic E-state index is 0.0281. The number of Topliss-reactive ketones (excluding diaryl/α,β-unsaturated/α-hetero) is 1. The van der Waals surface area contributed by atoms with Gasteiger partial charge in [-0.3, -0.25) is 14.4 Å². The molecule has 0 saturated heterocycles. The Morgan fingerprint density at radius 1 is 0.935 bits per heavy atom. The van der Waals surface area contributed by atoms with Crippen LogP contribution in [0.1, 0.15) is 33.4 Å². The van der Waals surface area contributed by atoms with Gasteiger partial charge in [0.15, 0.2) is 16.2 Å². The number of rotatable bonds is 7. The zero-order valence-corrected chi connectivity index (χ0v) is 18.2. The molecule has 0 unspecified atom stereocenters. The molecule has 2 N–H and O–H groups in total. The first-order valence-corrected chi connectivity index (χ1v) is 10.1. The minimum Gasteiger partial charge on any atom is -0.444 e. The van der Waals surface area contributed by atoms with Gasteiger partial charge < -0.3 is 15.1 Å². The van der Waals surface area contributed by atoms with E-state index < -0.39 is 11.8 Å². The topological polar surface area (TPSA) is 88.4 Å². The summed E-state index contributed by atoms with van der Waals surface area (Å²) >= 11 is 3.15. The van der Waals surface area contributed by atoms with E-state index in [2.05, 4.69) is 26.6 Å². The van der Waals surface area contributed by atoms with Gasteiger partial charge in [-0.2, -0.15) is 0 Å². The van der Waals surface area contributed by atoms with Gasteiger partial charge in [-0.25, -0.2) is 0 Å². The van der Waals surface area contributed by atoms with Crippen LogP contribution in [0.2, 0.25) is 0 Å². The van der Waals surface area contributed by atoms with E-state index >= 15 is 0 Å². The fraction of sp³-hybridized carbons (Fsp3) is 0.0417. The molecule has 0 aliphatic heterocycles. The molecule has 6 nitrogen and oxygen atoms in total. The van der Waals surface area contributed by atoms with E-state index in [-0.39, 0.29) is 17.2 Å². The summed E-state index contributed by atoms with van der Waals surface area (Å²) < 4.78 is 5.65. The smallest absolute Gasteiger partial charge is 0.291 e. The Labute approximate surface area is 187 Å². The number of amides is 2. The number of halogens is 1. The summed E-state index contributed by atoms with van der Waals surface area (Å²) in [7, 11) is 0. The van der Waals surface area contributed by atoms with E-state index in [1.165, 1.54) is 19.1 Å². The Bertz CT molecular complexity index is 1150. The van der Waals surface area contributed by atoms with Crippen molar-refractivity contribution in [3.05, 3.63) is 106 Å². The molecule has 1 heterocycles. The van der Waals surface area contributed by atoms with Gasteiger partial charge in [0.1, 0.15) is 5.70 Å². The van der Waals surface area contributed by atoms with Crippen molar-refractivity contribution in [2.75, 3.05) is 5.32 Å². The summed E-state index contributed by atoms with van der Waals surface area (Å²) in [5, 5.41) is 5.28. The van der Waals surface area contributed by atoms with E-state index in [1.807, 2.05) is 36.4 Å². The molecule has 31 heavy (non-hydrogen) atoms. The van der Waals surface area contributed by atoms with Crippen LogP contribution in [0.25, 0.3) is 6.08 Å². The lowest BCUT2D eigenvalue weighted by Gasteiger charge is -2.10. The molecule has 2 amide bonds. The summed E-state index contributed by atoms with van der Waals surface area (Å²) in [6.07, 6.45) is 4.98. The Kier molecular flexibility index (Phi) is 7.35. The van der Waals surface area contributed by atoms with Gasteiger partial charge in [-0.05, 0) is 70.9 Å². The highest BCUT2D eigenvalue weighted by molar-refractivity contribution is 9.10. The molecule has 1 aromatic heterocycles. The standard InChI is InChI=1S/C24H19BrN2O4/c1-16(28)18-10-12-19(13-11-18)26-23(29)20(9-5-8-17-6-3-2-4-7-17)27-24(30)21-14-15-22(25)31-21/h2-15H,1H3,(H,26,29)(H,27,30)/b8-5+,20-9+. The summed E-state index contributed by atoms with van der Waals surface area (Å²) in [5.41, 5.74) is 2.00. The van der Waals surface area contributed by atoms with Gasteiger partial charge in [-0.1, -0.05) is 42.5 Å². The molecule has 0 radical (unpaired) electrons. The predicted molar refractivity (Wildman–Crippen MR) is 123 cm³/mol. The quantitative estimate of drug-likeness (QED) is 0.277. The first kappa shape index (κ1) is 22.0. The van der Waals surface area contributed by atoms with Gasteiger partial charge >= 0.3 is 0 Å². The lowest BCUT2D eigenvalue weighted by molar-refractivity contribution is -0.113. The Morgan fingerprint density at radius 2 is 1.65 bits per heavy atom. The molecule has 0 aliphatic carbocycles. The molecule has 3 rings (SSSR count). The lowest BCUT2D eigenvalue weighted by Crippen LogP contribution is -2.30. The molecular formula is C24H19BrN2O4. The highest BCUT2D eigenvalue weighted by Crippen LogP contribution is 2.15. The zero-order valence-electron chi connectivity index (χ0n) is 16.6. The highest BCUT2D eigenvalue weighted by Gasteiger charge is 2.17. The predicted octanol–water partition coefficient (Wildman–Crippen LogP) is 5.21. The number of anilines is 1. The second kappa shape index (κ2) is 10.4. The van der Waals surface area contributed by atoms with Crippen LogP contribution in [-0.2, 0) is 4.79 Å². The first-order valence-electron chi connectivity index (χ1n) is 9.35. The second-order valence-corrected chi connectivity index (χ2v) is 7.28. The molecule has 0 fully saturated rings. The molecule has 0 saturated carbocycles. The number of carbonyl (C=O) groups excluding carboxylic acids is 3. The summed E-state index contributed by atoms with van der Waals surface area (Å²) in [4.78, 5) is 36.7. The van der Waals surface area contributed by atoms with E-state index in [4.69, 9.17) is 4.42 Å². The van der Waals surface area contributed by atoms with Crippen LogP contribution < -0.4 is 10.6 Å². The molecule has 2 aromatic carbocycles. The number of hydrogen-bond acceptors (Lipinski definition) is 4. The monoisotopic (exact) mass is 478 g/mol. The van der Waals surface area contributed by atoms with Crippen LogP contribution >= 0.6 is 15.9 Å². The number of hydrogen-bond donors (Lipinski definition) is 2. The highest BCUT2D eigenvalue weighted by atomic mass is 79.9. The van der Waals surface area contributed by atoms with Gasteiger partial charge in [0.2, 0.25) is 0 Å². The Balaban J connectivity index is 1.80. The third-order valence-corrected chi connectivity index (χ3v) is 4.62. The largest absolute Gasteiger partial charge is 0.444 e. The van der Waals surface area contributed by atoms with Gasteiger partial charge in [0.05, 0.1) is 0 Å². The van der Waals surface area contributed by atoms with Crippen LogP contribution in [0.4, 0.5) is 5.69 Å². The fourth-order valence-electron chi connectivity index (χ4n) is 2.60. The van der Waals surface area contributed by atoms with Gasteiger partial charge in [0.25, 0.3) is 11.8 Å². The molecule has 0 aliphatic rings. The molecule has 0 spiro atoms. The third kappa shape index (κ3) is 6.38. The summed E-state index contributed by atoms with van der Waals surface area (Å²) in [6, 6.07) is 19.1. The molecule has 0 bridgehead atoms.